The standard InChI is InChI=1S/C22H31N3O4S2/c1-23-31(28,29)22-17-18(10-11-21(22)30(2)27)20(26)9-6-12-24-13-15-25(16-14-24)19-7-4-3-5-8-19/h3-5,7-8,10-11,17,20,23,26H,6,9,12-16H2,1-2H3. The number of aliphatic hydroxyl groups is 1. The SMILES string of the molecule is CNS(=O)(=O)c1cc(C(O)CCCN2CCN(c3ccccc3)CC2)ccc1S(C)=O. The minimum atomic E-state index is -3.76. The first-order valence-electron chi connectivity index (χ1n) is 10.4. The molecule has 9 heteroatoms. The van der Waals surface area contributed by atoms with Crippen molar-refractivity contribution in [2.45, 2.75) is 28.7 Å². The second-order valence-electron chi connectivity index (χ2n) is 7.69. The maximum absolute atomic E-state index is 12.3. The van der Waals surface area contributed by atoms with Gasteiger partial charge >= 0.3 is 0 Å². The van der Waals surface area contributed by atoms with Crippen molar-refractivity contribution >= 4 is 26.5 Å². The van der Waals surface area contributed by atoms with Gasteiger partial charge in [-0.15, -0.1) is 0 Å². The molecule has 1 aliphatic heterocycles. The van der Waals surface area contributed by atoms with Crippen molar-refractivity contribution < 1.29 is 17.7 Å². The van der Waals surface area contributed by atoms with Crippen LogP contribution in [0.1, 0.15) is 24.5 Å². The molecule has 31 heavy (non-hydrogen) atoms. The van der Waals surface area contributed by atoms with Crippen LogP contribution >= 0.6 is 0 Å². The Bertz CT molecular complexity index is 991. The van der Waals surface area contributed by atoms with Crippen LogP contribution in [0, 0.1) is 0 Å². The van der Waals surface area contributed by atoms with Gasteiger partial charge in [0.15, 0.2) is 0 Å². The first-order chi connectivity index (χ1) is 14.8. The molecule has 0 amide bonds. The number of anilines is 1. The summed E-state index contributed by atoms with van der Waals surface area (Å²) >= 11 is 0. The Morgan fingerprint density at radius 3 is 2.39 bits per heavy atom. The number of sulfonamides is 1. The van der Waals surface area contributed by atoms with Crippen LogP contribution in [0.3, 0.4) is 0 Å². The van der Waals surface area contributed by atoms with Crippen LogP contribution in [-0.2, 0) is 20.8 Å². The summed E-state index contributed by atoms with van der Waals surface area (Å²) < 4.78 is 38.8. The summed E-state index contributed by atoms with van der Waals surface area (Å²) in [5, 5.41) is 10.6. The highest BCUT2D eigenvalue weighted by molar-refractivity contribution is 7.91. The van der Waals surface area contributed by atoms with Crippen molar-refractivity contribution in [3.63, 3.8) is 0 Å². The van der Waals surface area contributed by atoms with E-state index in [4.69, 9.17) is 0 Å². The number of nitrogens with one attached hydrogen (secondary N) is 1. The number of benzene rings is 2. The molecule has 0 saturated carbocycles. The quantitative estimate of drug-likeness (QED) is 0.589. The van der Waals surface area contributed by atoms with Gasteiger partial charge in [-0.3, -0.25) is 9.11 Å². The molecule has 0 radical (unpaired) electrons. The zero-order valence-electron chi connectivity index (χ0n) is 18.0. The molecule has 3 rings (SSSR count). The van der Waals surface area contributed by atoms with E-state index >= 15 is 0 Å². The molecule has 2 unspecified atom stereocenters. The number of nitrogens with zero attached hydrogens (tertiary/aromatic N) is 2. The van der Waals surface area contributed by atoms with Crippen LogP contribution in [0.5, 0.6) is 0 Å². The summed E-state index contributed by atoms with van der Waals surface area (Å²) in [6.45, 7) is 4.80. The smallest absolute Gasteiger partial charge is 0.241 e. The van der Waals surface area contributed by atoms with Crippen molar-refractivity contribution in [1.82, 2.24) is 9.62 Å². The summed E-state index contributed by atoms with van der Waals surface area (Å²) in [7, 11) is -3.89. The Labute approximate surface area is 187 Å². The summed E-state index contributed by atoms with van der Waals surface area (Å²) in [5.74, 6) is 0. The monoisotopic (exact) mass is 465 g/mol. The minimum Gasteiger partial charge on any atom is -0.388 e. The van der Waals surface area contributed by atoms with Crippen LogP contribution in [-0.4, -0.2) is 68.7 Å². The fraction of sp³-hybridized carbons (Fsp3) is 0.455. The molecule has 2 atom stereocenters. The molecule has 1 heterocycles. The van der Waals surface area contributed by atoms with E-state index in [1.165, 1.54) is 31.1 Å². The van der Waals surface area contributed by atoms with E-state index in [2.05, 4.69) is 38.8 Å². The Kier molecular flexibility index (Phi) is 8.23. The Morgan fingerprint density at radius 2 is 1.77 bits per heavy atom. The third kappa shape index (κ3) is 6.14. The maximum Gasteiger partial charge on any atom is 0.241 e. The second kappa shape index (κ2) is 10.7. The van der Waals surface area contributed by atoms with Gasteiger partial charge in [0.25, 0.3) is 0 Å². The number of rotatable bonds is 9. The van der Waals surface area contributed by atoms with Crippen LogP contribution in [0.15, 0.2) is 58.3 Å². The normalized spacial score (nSPS) is 17.5. The van der Waals surface area contributed by atoms with Gasteiger partial charge in [-0.1, -0.05) is 24.3 Å². The lowest BCUT2D eigenvalue weighted by atomic mass is 10.0. The summed E-state index contributed by atoms with van der Waals surface area (Å²) in [6.07, 6.45) is 2.02. The average Bonchev–Trinajstić information content (AvgIpc) is 2.79. The fourth-order valence-electron chi connectivity index (χ4n) is 3.83. The molecule has 2 aromatic carbocycles. The van der Waals surface area contributed by atoms with Gasteiger partial charge in [0, 0.05) is 38.1 Å². The molecular formula is C22H31N3O4S2. The molecule has 2 aromatic rings. The van der Waals surface area contributed by atoms with Crippen molar-refractivity contribution in [2.24, 2.45) is 0 Å². The van der Waals surface area contributed by atoms with Crippen LogP contribution in [0.4, 0.5) is 5.69 Å². The maximum atomic E-state index is 12.3. The topological polar surface area (TPSA) is 89.9 Å². The number of hydrogen-bond acceptors (Lipinski definition) is 6. The highest BCUT2D eigenvalue weighted by Gasteiger charge is 2.22. The molecule has 0 aliphatic carbocycles. The lowest BCUT2D eigenvalue weighted by Gasteiger charge is -2.36. The number of para-hydroxylation sites is 1. The predicted molar refractivity (Wildman–Crippen MR) is 124 cm³/mol. The zero-order chi connectivity index (χ0) is 22.4. The van der Waals surface area contributed by atoms with Gasteiger partial charge in [-0.05, 0) is 56.3 Å². The van der Waals surface area contributed by atoms with E-state index < -0.39 is 26.9 Å². The molecule has 7 nitrogen and oxygen atoms in total. The largest absolute Gasteiger partial charge is 0.388 e. The van der Waals surface area contributed by atoms with E-state index in [0.717, 1.165) is 39.1 Å². The lowest BCUT2D eigenvalue weighted by Crippen LogP contribution is -2.46. The van der Waals surface area contributed by atoms with Gasteiger partial charge in [0.1, 0.15) is 0 Å². The van der Waals surface area contributed by atoms with Crippen molar-refractivity contribution in [2.75, 3.05) is 50.9 Å². The summed E-state index contributed by atoms with van der Waals surface area (Å²) in [6, 6.07) is 15.0. The summed E-state index contributed by atoms with van der Waals surface area (Å²) in [4.78, 5) is 4.98. The highest BCUT2D eigenvalue weighted by Crippen LogP contribution is 2.26. The molecule has 1 aliphatic rings. The molecule has 170 valence electrons. The van der Waals surface area contributed by atoms with E-state index in [-0.39, 0.29) is 9.79 Å². The molecule has 0 bridgehead atoms. The van der Waals surface area contributed by atoms with Gasteiger partial charge in [-0.25, -0.2) is 13.1 Å². The Morgan fingerprint density at radius 1 is 1.10 bits per heavy atom. The van der Waals surface area contributed by atoms with Gasteiger partial charge < -0.3 is 10.0 Å². The second-order valence-corrected chi connectivity index (χ2v) is 10.9. The average molecular weight is 466 g/mol. The Hall–Kier alpha value is -1.78. The molecule has 1 saturated heterocycles. The number of hydrogen-bond donors (Lipinski definition) is 2. The molecule has 0 aromatic heterocycles. The van der Waals surface area contributed by atoms with Crippen molar-refractivity contribution in [1.29, 1.82) is 0 Å². The van der Waals surface area contributed by atoms with Crippen LogP contribution < -0.4 is 9.62 Å². The zero-order valence-corrected chi connectivity index (χ0v) is 19.7. The Balaban J connectivity index is 1.54. The van der Waals surface area contributed by atoms with Crippen molar-refractivity contribution in [3.8, 4) is 0 Å². The number of piperazine rings is 1. The highest BCUT2D eigenvalue weighted by atomic mass is 32.2. The van der Waals surface area contributed by atoms with E-state index in [1.807, 2.05) is 6.07 Å². The molecule has 2 N–H and O–H groups in total. The summed E-state index contributed by atoms with van der Waals surface area (Å²) in [5.41, 5.74) is 1.78. The minimum absolute atomic E-state index is 0.0376. The van der Waals surface area contributed by atoms with E-state index in [0.29, 0.717) is 12.0 Å². The van der Waals surface area contributed by atoms with Gasteiger partial charge in [0.2, 0.25) is 10.0 Å². The molecule has 1 fully saturated rings. The van der Waals surface area contributed by atoms with Crippen LogP contribution in [0.2, 0.25) is 0 Å². The number of aliphatic hydroxyl groups excluding tert-OH is 1. The third-order valence-electron chi connectivity index (χ3n) is 5.67. The van der Waals surface area contributed by atoms with E-state index in [1.54, 1.807) is 6.07 Å². The fourth-order valence-corrected chi connectivity index (χ4v) is 5.96. The van der Waals surface area contributed by atoms with E-state index in [9.17, 15) is 17.7 Å². The lowest BCUT2D eigenvalue weighted by molar-refractivity contribution is 0.153. The van der Waals surface area contributed by atoms with Crippen LogP contribution in [0.25, 0.3) is 0 Å². The predicted octanol–water partition coefficient (Wildman–Crippen LogP) is 1.97. The van der Waals surface area contributed by atoms with Crippen molar-refractivity contribution in [3.05, 3.63) is 54.1 Å². The first-order valence-corrected chi connectivity index (χ1v) is 13.5. The van der Waals surface area contributed by atoms with Gasteiger partial charge in [-0.2, -0.15) is 0 Å². The first kappa shape index (κ1) is 23.9. The molecular weight excluding hydrogens is 434 g/mol. The third-order valence-corrected chi connectivity index (χ3v) is 8.22. The molecule has 0 spiro atoms. The van der Waals surface area contributed by atoms with Gasteiger partial charge in [0.05, 0.1) is 26.7 Å².